The molecule has 2 heterocycles. The zero-order chi connectivity index (χ0) is 30.0. The number of allylic oxidation sites excluding steroid dienone is 1. The summed E-state index contributed by atoms with van der Waals surface area (Å²) in [7, 11) is 0. The van der Waals surface area contributed by atoms with E-state index >= 15 is 0 Å². The van der Waals surface area contributed by atoms with Crippen molar-refractivity contribution in [3.8, 4) is 5.75 Å². The minimum atomic E-state index is -0.738. The minimum Gasteiger partial charge on any atom is -0.481 e. The molecule has 0 aliphatic carbocycles. The molecule has 0 saturated heterocycles. The van der Waals surface area contributed by atoms with Crippen molar-refractivity contribution in [2.75, 3.05) is 6.61 Å². The lowest BCUT2D eigenvalue weighted by Crippen LogP contribution is -2.39. The number of hydrogen-bond acceptors (Lipinski definition) is 8. The highest BCUT2D eigenvalue weighted by atomic mass is 79.9. The van der Waals surface area contributed by atoms with Crippen LogP contribution < -0.4 is 19.6 Å². The Morgan fingerprint density at radius 1 is 1.14 bits per heavy atom. The molecule has 0 saturated carbocycles. The van der Waals surface area contributed by atoms with Crippen LogP contribution in [0.25, 0.3) is 6.08 Å². The first-order valence-electron chi connectivity index (χ1n) is 13.1. The molecule has 0 amide bonds. The zero-order valence-corrected chi connectivity index (χ0v) is 25.4. The third kappa shape index (κ3) is 5.83. The molecule has 5 rings (SSSR count). The van der Waals surface area contributed by atoms with Gasteiger partial charge in [-0.05, 0) is 65.5 Å². The van der Waals surface area contributed by atoms with Gasteiger partial charge >= 0.3 is 11.7 Å². The molecular weight excluding hydrogens is 622 g/mol. The molecule has 1 aromatic heterocycles. The number of nitrogens with zero attached hydrogens (tertiary/aromatic N) is 3. The average molecular weight is 649 g/mol. The van der Waals surface area contributed by atoms with E-state index in [2.05, 4.69) is 20.9 Å². The lowest BCUT2D eigenvalue weighted by molar-refractivity contribution is -0.386. The summed E-state index contributed by atoms with van der Waals surface area (Å²) >= 11 is 4.56. The quantitative estimate of drug-likeness (QED) is 0.145. The molecule has 0 radical (unpaired) electrons. The van der Waals surface area contributed by atoms with Crippen molar-refractivity contribution < 1.29 is 19.2 Å². The van der Waals surface area contributed by atoms with E-state index in [1.165, 1.54) is 10.6 Å². The van der Waals surface area contributed by atoms with Crippen LogP contribution in [-0.2, 0) is 16.1 Å². The fourth-order valence-corrected chi connectivity index (χ4v) is 6.33. The van der Waals surface area contributed by atoms with Crippen LogP contribution in [0.3, 0.4) is 0 Å². The van der Waals surface area contributed by atoms with E-state index in [9.17, 15) is 19.7 Å². The Labute approximate surface area is 253 Å². The average Bonchev–Trinajstić information content (AvgIpc) is 3.26. The maximum absolute atomic E-state index is 13.9. The summed E-state index contributed by atoms with van der Waals surface area (Å²) in [5.74, 6) is -0.444. The van der Waals surface area contributed by atoms with Crippen molar-refractivity contribution in [2.45, 2.75) is 33.4 Å². The van der Waals surface area contributed by atoms with Gasteiger partial charge in [0.2, 0.25) is 5.75 Å². The number of esters is 1. The summed E-state index contributed by atoms with van der Waals surface area (Å²) in [6, 6.07) is 19.2. The SMILES string of the molecule is CCOC(=O)C1=C(C)N=c2s/c(=C\c3cc(Br)c(OCc4ccccc4)c([N+](=O)[O-])c3)c(=O)n2[C@H]1c1ccc(C)cc1. The van der Waals surface area contributed by atoms with Gasteiger partial charge in [0.1, 0.15) is 6.61 Å². The van der Waals surface area contributed by atoms with Gasteiger partial charge in [-0.25, -0.2) is 9.79 Å². The predicted molar refractivity (Wildman–Crippen MR) is 163 cm³/mol. The molecule has 1 aliphatic rings. The first-order valence-corrected chi connectivity index (χ1v) is 14.7. The fraction of sp³-hybridized carbons (Fsp3) is 0.194. The van der Waals surface area contributed by atoms with Gasteiger partial charge in [-0.3, -0.25) is 19.5 Å². The van der Waals surface area contributed by atoms with Gasteiger partial charge in [0.15, 0.2) is 4.80 Å². The highest BCUT2D eigenvalue weighted by Crippen LogP contribution is 2.37. The summed E-state index contributed by atoms with van der Waals surface area (Å²) in [5, 5.41) is 12.0. The standard InChI is InChI=1S/C31H26BrN3O6S/c1-4-40-30(37)26-19(3)33-31-34(27(26)22-12-10-18(2)11-13-22)29(36)25(42-31)16-21-14-23(32)28(24(15-21)35(38)39)41-17-20-8-6-5-7-9-20/h5-16,27H,4,17H2,1-3H3/b25-16-/t27-/m0/s1. The van der Waals surface area contributed by atoms with E-state index in [4.69, 9.17) is 9.47 Å². The fourth-order valence-electron chi connectivity index (χ4n) is 4.70. The molecule has 0 bridgehead atoms. The van der Waals surface area contributed by atoms with Crippen molar-refractivity contribution in [3.63, 3.8) is 0 Å². The largest absolute Gasteiger partial charge is 0.481 e. The maximum atomic E-state index is 13.9. The summed E-state index contributed by atoms with van der Waals surface area (Å²) in [4.78, 5) is 43.4. The molecule has 1 aliphatic heterocycles. The molecule has 0 N–H and O–H groups in total. The summed E-state index contributed by atoms with van der Waals surface area (Å²) in [6.07, 6.45) is 1.58. The van der Waals surface area contributed by atoms with Crippen molar-refractivity contribution in [3.05, 3.63) is 135 Å². The number of thiazole rings is 1. The Kier molecular flexibility index (Phi) is 8.51. The molecular formula is C31H26BrN3O6S. The van der Waals surface area contributed by atoms with Crippen LogP contribution in [0.4, 0.5) is 5.69 Å². The zero-order valence-electron chi connectivity index (χ0n) is 23.0. The summed E-state index contributed by atoms with van der Waals surface area (Å²) in [5.41, 5.74) is 3.21. The normalized spacial score (nSPS) is 14.8. The third-order valence-corrected chi connectivity index (χ3v) is 8.25. The number of hydrogen-bond donors (Lipinski definition) is 0. The van der Waals surface area contributed by atoms with E-state index in [0.29, 0.717) is 25.1 Å². The van der Waals surface area contributed by atoms with E-state index in [1.54, 1.807) is 26.0 Å². The number of halogens is 1. The molecule has 9 nitrogen and oxygen atoms in total. The van der Waals surface area contributed by atoms with Gasteiger partial charge in [-0.2, -0.15) is 0 Å². The van der Waals surface area contributed by atoms with E-state index in [0.717, 1.165) is 28.0 Å². The Balaban J connectivity index is 1.61. The van der Waals surface area contributed by atoms with E-state index in [-0.39, 0.29) is 35.8 Å². The van der Waals surface area contributed by atoms with Crippen molar-refractivity contribution in [1.29, 1.82) is 0 Å². The number of carbonyl (C=O) groups is 1. The Morgan fingerprint density at radius 2 is 1.86 bits per heavy atom. The summed E-state index contributed by atoms with van der Waals surface area (Å²) in [6.45, 7) is 5.73. The van der Waals surface area contributed by atoms with Gasteiger partial charge in [0, 0.05) is 6.07 Å². The topological polar surface area (TPSA) is 113 Å². The van der Waals surface area contributed by atoms with Crippen LogP contribution >= 0.6 is 27.3 Å². The van der Waals surface area contributed by atoms with Crippen molar-refractivity contribution in [1.82, 2.24) is 4.57 Å². The van der Waals surface area contributed by atoms with Gasteiger partial charge in [0.25, 0.3) is 5.56 Å². The number of ether oxygens (including phenoxy) is 2. The Hall–Kier alpha value is -4.35. The lowest BCUT2D eigenvalue weighted by atomic mass is 9.95. The molecule has 0 spiro atoms. The van der Waals surface area contributed by atoms with Crippen LogP contribution in [0.5, 0.6) is 5.75 Å². The highest BCUT2D eigenvalue weighted by molar-refractivity contribution is 9.10. The van der Waals surface area contributed by atoms with E-state index in [1.807, 2.05) is 61.5 Å². The van der Waals surface area contributed by atoms with Crippen LogP contribution in [0, 0.1) is 17.0 Å². The molecule has 3 aromatic carbocycles. The van der Waals surface area contributed by atoms with Gasteiger partial charge in [0.05, 0.1) is 37.8 Å². The van der Waals surface area contributed by atoms with Gasteiger partial charge in [-0.1, -0.05) is 71.5 Å². The summed E-state index contributed by atoms with van der Waals surface area (Å²) < 4.78 is 13.3. The number of benzene rings is 3. The van der Waals surface area contributed by atoms with Gasteiger partial charge < -0.3 is 9.47 Å². The number of carbonyl (C=O) groups excluding carboxylic acids is 1. The van der Waals surface area contributed by atoms with Crippen LogP contribution in [-0.4, -0.2) is 22.1 Å². The Bertz CT molecular complexity index is 1900. The molecule has 0 unspecified atom stereocenters. The number of rotatable bonds is 8. The van der Waals surface area contributed by atoms with Crippen LogP contribution in [0.15, 0.2) is 92.3 Å². The third-order valence-electron chi connectivity index (χ3n) is 6.68. The lowest BCUT2D eigenvalue weighted by Gasteiger charge is -2.24. The maximum Gasteiger partial charge on any atom is 0.338 e. The second-order valence-corrected chi connectivity index (χ2v) is 11.5. The number of aromatic nitrogens is 1. The second-order valence-electron chi connectivity index (χ2n) is 9.60. The monoisotopic (exact) mass is 647 g/mol. The van der Waals surface area contributed by atoms with E-state index < -0.39 is 16.9 Å². The molecule has 42 heavy (non-hydrogen) atoms. The predicted octanol–water partition coefficient (Wildman–Crippen LogP) is 5.36. The van der Waals surface area contributed by atoms with Crippen LogP contribution in [0.1, 0.15) is 42.1 Å². The molecule has 1 atom stereocenters. The molecule has 214 valence electrons. The van der Waals surface area contributed by atoms with Gasteiger partial charge in [-0.15, -0.1) is 0 Å². The van der Waals surface area contributed by atoms with Crippen molar-refractivity contribution >= 4 is 45.0 Å². The highest BCUT2D eigenvalue weighted by Gasteiger charge is 2.33. The first-order chi connectivity index (χ1) is 20.2. The Morgan fingerprint density at radius 3 is 2.52 bits per heavy atom. The number of nitro benzene ring substituents is 1. The van der Waals surface area contributed by atoms with Crippen molar-refractivity contribution in [2.24, 2.45) is 4.99 Å². The molecule has 4 aromatic rings. The molecule has 11 heteroatoms. The van der Waals surface area contributed by atoms with Crippen LogP contribution in [0.2, 0.25) is 0 Å². The number of fused-ring (bicyclic) bond motifs is 1. The second kappa shape index (κ2) is 12.3. The first kappa shape index (κ1) is 29.2. The molecule has 0 fully saturated rings. The smallest absolute Gasteiger partial charge is 0.338 e. The minimum absolute atomic E-state index is 0.0940. The number of aryl methyl sites for hydroxylation is 1. The number of nitro groups is 1.